The number of nitrogens with one attached hydrogen (secondary N) is 1. The Morgan fingerprint density at radius 3 is 2.00 bits per heavy atom. The minimum absolute atomic E-state index is 0.0327. The Morgan fingerprint density at radius 1 is 1.08 bits per heavy atom. The smallest absolute Gasteiger partial charge is 0.344 e. The summed E-state index contributed by atoms with van der Waals surface area (Å²) in [6.07, 6.45) is 4.93. The largest absolute Gasteiger partial charge is 0.464 e. The Kier molecular flexibility index (Phi) is 6.99. The topological polar surface area (TPSA) is 81.7 Å². The number of amides is 1. The van der Waals surface area contributed by atoms with Crippen LogP contribution >= 0.6 is 0 Å². The van der Waals surface area contributed by atoms with Crippen LogP contribution in [0.5, 0.6) is 0 Å². The van der Waals surface area contributed by atoms with Crippen LogP contribution in [-0.4, -0.2) is 36.6 Å². The maximum atomic E-state index is 12.5. The molecule has 1 aromatic carbocycles. The minimum atomic E-state index is -2.07. The molecule has 6 nitrogen and oxygen atoms in total. The number of benzene rings is 1. The average molecular weight is 331 g/mol. The zero-order valence-electron chi connectivity index (χ0n) is 14.0. The number of carbonyl (C=O) groups excluding carboxylic acids is 3. The van der Waals surface area contributed by atoms with Crippen molar-refractivity contribution in [3.63, 3.8) is 0 Å². The third-order valence-electron chi connectivity index (χ3n) is 3.26. The molecule has 0 fully saturated rings. The highest BCUT2D eigenvalue weighted by atomic mass is 16.6. The third kappa shape index (κ3) is 4.35. The first-order valence-electron chi connectivity index (χ1n) is 7.58. The second kappa shape index (κ2) is 8.73. The number of rotatable bonds is 7. The van der Waals surface area contributed by atoms with Crippen molar-refractivity contribution in [1.29, 1.82) is 0 Å². The van der Waals surface area contributed by atoms with E-state index in [1.54, 1.807) is 38.1 Å². The molecule has 24 heavy (non-hydrogen) atoms. The van der Waals surface area contributed by atoms with Gasteiger partial charge in [-0.05, 0) is 32.9 Å². The van der Waals surface area contributed by atoms with E-state index in [9.17, 15) is 14.4 Å². The molecule has 0 aliphatic carbocycles. The van der Waals surface area contributed by atoms with Crippen molar-refractivity contribution in [2.75, 3.05) is 13.2 Å². The van der Waals surface area contributed by atoms with Gasteiger partial charge in [0.2, 0.25) is 5.54 Å². The summed E-state index contributed by atoms with van der Waals surface area (Å²) in [6.45, 7) is 5.12. The second-order valence-corrected chi connectivity index (χ2v) is 5.05. The summed E-state index contributed by atoms with van der Waals surface area (Å²) >= 11 is 0. The van der Waals surface area contributed by atoms with Crippen LogP contribution in [0.25, 0.3) is 0 Å². The van der Waals surface area contributed by atoms with Crippen molar-refractivity contribution < 1.29 is 23.9 Å². The molecule has 0 aliphatic heterocycles. The van der Waals surface area contributed by atoms with E-state index in [1.165, 1.54) is 0 Å². The second-order valence-electron chi connectivity index (χ2n) is 5.05. The van der Waals surface area contributed by atoms with Gasteiger partial charge < -0.3 is 14.8 Å². The van der Waals surface area contributed by atoms with Crippen LogP contribution in [-0.2, 0) is 19.1 Å². The third-order valence-corrected chi connectivity index (χ3v) is 3.26. The van der Waals surface area contributed by atoms with E-state index in [-0.39, 0.29) is 25.2 Å². The summed E-state index contributed by atoms with van der Waals surface area (Å²) in [5, 5.41) is 2.41. The summed E-state index contributed by atoms with van der Waals surface area (Å²) < 4.78 is 9.87. The first kappa shape index (κ1) is 19.2. The number of ether oxygens (including phenoxy) is 2. The van der Waals surface area contributed by atoms with Gasteiger partial charge in [0, 0.05) is 5.56 Å². The maximum absolute atomic E-state index is 12.5. The molecular weight excluding hydrogens is 310 g/mol. The number of terminal acetylenes is 1. The van der Waals surface area contributed by atoms with E-state index in [1.807, 2.05) is 6.92 Å². The van der Waals surface area contributed by atoms with E-state index in [0.29, 0.717) is 0 Å². The Bertz CT molecular complexity index is 624. The number of carbonyl (C=O) groups is 3. The fourth-order valence-electron chi connectivity index (χ4n) is 2.01. The summed E-state index contributed by atoms with van der Waals surface area (Å²) in [5.74, 6) is -0.268. The lowest BCUT2D eigenvalue weighted by Gasteiger charge is -2.28. The van der Waals surface area contributed by atoms with Gasteiger partial charge in [0.15, 0.2) is 0 Å². The zero-order valence-corrected chi connectivity index (χ0v) is 14.0. The highest BCUT2D eigenvalue weighted by molar-refractivity contribution is 6.10. The van der Waals surface area contributed by atoms with Gasteiger partial charge in [-0.3, -0.25) is 4.79 Å². The molecule has 0 heterocycles. The van der Waals surface area contributed by atoms with Crippen LogP contribution in [0.1, 0.15) is 36.2 Å². The van der Waals surface area contributed by atoms with E-state index in [4.69, 9.17) is 15.9 Å². The van der Waals surface area contributed by atoms with Gasteiger partial charge in [-0.1, -0.05) is 17.7 Å². The molecule has 0 bridgehead atoms. The van der Waals surface area contributed by atoms with Gasteiger partial charge in [0.05, 0.1) is 19.6 Å². The van der Waals surface area contributed by atoms with Gasteiger partial charge >= 0.3 is 11.9 Å². The lowest BCUT2D eigenvalue weighted by molar-refractivity contribution is -0.165. The lowest BCUT2D eigenvalue weighted by atomic mass is 9.94. The van der Waals surface area contributed by atoms with Crippen LogP contribution < -0.4 is 5.32 Å². The van der Waals surface area contributed by atoms with Gasteiger partial charge in [0.25, 0.3) is 5.91 Å². The SMILES string of the molecule is C#CCC(NC(=O)c1ccc(C)cc1)(C(=O)OCC)C(=O)OCC. The first-order valence-corrected chi connectivity index (χ1v) is 7.58. The summed E-state index contributed by atoms with van der Waals surface area (Å²) in [4.78, 5) is 37.2. The predicted molar refractivity (Wildman–Crippen MR) is 88.1 cm³/mol. The van der Waals surface area contributed by atoms with Crippen molar-refractivity contribution in [2.45, 2.75) is 32.7 Å². The average Bonchev–Trinajstić information content (AvgIpc) is 2.55. The fourth-order valence-corrected chi connectivity index (χ4v) is 2.01. The minimum Gasteiger partial charge on any atom is -0.464 e. The summed E-state index contributed by atoms with van der Waals surface area (Å²) in [7, 11) is 0. The van der Waals surface area contributed by atoms with E-state index >= 15 is 0 Å². The first-order chi connectivity index (χ1) is 11.4. The number of hydrogen-bond acceptors (Lipinski definition) is 5. The predicted octanol–water partition coefficient (Wildman–Crippen LogP) is 1.61. The molecule has 0 unspecified atom stereocenters. The van der Waals surface area contributed by atoms with Crippen molar-refractivity contribution in [3.8, 4) is 12.3 Å². The van der Waals surface area contributed by atoms with E-state index in [2.05, 4.69) is 11.2 Å². The highest BCUT2D eigenvalue weighted by Gasteiger charge is 2.50. The van der Waals surface area contributed by atoms with Crippen LogP contribution in [0.2, 0.25) is 0 Å². The van der Waals surface area contributed by atoms with Crippen LogP contribution in [0.15, 0.2) is 24.3 Å². The monoisotopic (exact) mass is 331 g/mol. The maximum Gasteiger partial charge on any atom is 0.344 e. The molecule has 0 saturated carbocycles. The Hall–Kier alpha value is -2.81. The zero-order chi connectivity index (χ0) is 18.2. The molecule has 0 aromatic heterocycles. The Morgan fingerprint density at radius 2 is 1.58 bits per heavy atom. The van der Waals surface area contributed by atoms with Crippen molar-refractivity contribution >= 4 is 17.8 Å². The van der Waals surface area contributed by atoms with Crippen molar-refractivity contribution in [3.05, 3.63) is 35.4 Å². The normalized spacial score (nSPS) is 10.4. The number of aryl methyl sites for hydroxylation is 1. The number of hydrogen-bond donors (Lipinski definition) is 1. The lowest BCUT2D eigenvalue weighted by Crippen LogP contribution is -2.61. The molecule has 0 radical (unpaired) electrons. The highest BCUT2D eigenvalue weighted by Crippen LogP contribution is 2.17. The molecule has 0 spiro atoms. The molecular formula is C18H21NO5. The quantitative estimate of drug-likeness (QED) is 0.466. The van der Waals surface area contributed by atoms with Crippen LogP contribution in [0.3, 0.4) is 0 Å². The van der Waals surface area contributed by atoms with Crippen molar-refractivity contribution in [2.24, 2.45) is 0 Å². The molecule has 1 amide bonds. The van der Waals surface area contributed by atoms with E-state index in [0.717, 1.165) is 5.56 Å². The van der Waals surface area contributed by atoms with Crippen LogP contribution in [0, 0.1) is 19.3 Å². The summed E-state index contributed by atoms with van der Waals surface area (Å²) in [5.41, 5.74) is -0.809. The Balaban J connectivity index is 3.21. The molecule has 1 N–H and O–H groups in total. The molecule has 6 heteroatoms. The van der Waals surface area contributed by atoms with Gasteiger partial charge in [-0.15, -0.1) is 12.3 Å². The molecule has 0 aliphatic rings. The molecule has 128 valence electrons. The standard InChI is InChI=1S/C18H21NO5/c1-5-12-18(16(21)23-6-2,17(22)24-7-3)19-15(20)14-10-8-13(4)9-11-14/h1,8-11H,6-7,12H2,2-4H3,(H,19,20). The fraction of sp³-hybridized carbons (Fsp3) is 0.389. The van der Waals surface area contributed by atoms with E-state index < -0.39 is 23.4 Å². The molecule has 0 saturated heterocycles. The van der Waals surface area contributed by atoms with Gasteiger partial charge in [-0.2, -0.15) is 0 Å². The van der Waals surface area contributed by atoms with Crippen LogP contribution in [0.4, 0.5) is 0 Å². The van der Waals surface area contributed by atoms with Crippen molar-refractivity contribution in [1.82, 2.24) is 5.32 Å². The molecule has 1 rings (SSSR count). The molecule has 0 atom stereocenters. The summed E-state index contributed by atoms with van der Waals surface area (Å²) in [6, 6.07) is 6.65. The van der Waals surface area contributed by atoms with Gasteiger partial charge in [0.1, 0.15) is 0 Å². The Labute approximate surface area is 141 Å². The van der Waals surface area contributed by atoms with Gasteiger partial charge in [-0.25, -0.2) is 9.59 Å². The number of esters is 2. The molecule has 1 aromatic rings.